The number of rotatable bonds is 3. The molecule has 0 saturated carbocycles. The van der Waals surface area contributed by atoms with Crippen LogP contribution in [0, 0.1) is 5.82 Å². The lowest BCUT2D eigenvalue weighted by atomic mass is 10.0. The van der Waals surface area contributed by atoms with E-state index in [9.17, 15) is 9.18 Å². The van der Waals surface area contributed by atoms with Gasteiger partial charge in [-0.05, 0) is 11.6 Å². The Balaban J connectivity index is 2.14. The average molecular weight is 238 g/mol. The summed E-state index contributed by atoms with van der Waals surface area (Å²) < 4.78 is 18.7. The molecule has 0 aromatic heterocycles. The van der Waals surface area contributed by atoms with Crippen LogP contribution in [0.25, 0.3) is 0 Å². The Morgan fingerprint density at radius 2 is 2.18 bits per heavy atom. The van der Waals surface area contributed by atoms with Gasteiger partial charge in [-0.3, -0.25) is 0 Å². The number of carbonyl (C=O) groups excluding carboxylic acids is 1. The fraction of sp³-hybridized carbons (Fsp3) is 0.417. The van der Waals surface area contributed by atoms with Crippen LogP contribution in [0.3, 0.4) is 0 Å². The molecule has 2 rings (SSSR count). The Kier molecular flexibility index (Phi) is 3.28. The van der Waals surface area contributed by atoms with Crippen molar-refractivity contribution in [2.24, 2.45) is 5.73 Å². The molecule has 0 bridgehead atoms. The predicted octanol–water partition coefficient (Wildman–Crippen LogP) is 1.15. The summed E-state index contributed by atoms with van der Waals surface area (Å²) in [5.74, 6) is -0.283. The van der Waals surface area contributed by atoms with Crippen LogP contribution >= 0.6 is 0 Å². The first-order chi connectivity index (χ1) is 8.13. The summed E-state index contributed by atoms with van der Waals surface area (Å²) in [7, 11) is 1.64. The van der Waals surface area contributed by atoms with E-state index in [4.69, 9.17) is 10.5 Å². The minimum absolute atomic E-state index is 0.192. The van der Waals surface area contributed by atoms with Crippen molar-refractivity contribution in [3.8, 4) is 0 Å². The van der Waals surface area contributed by atoms with Crippen LogP contribution < -0.4 is 5.73 Å². The van der Waals surface area contributed by atoms with E-state index in [0.29, 0.717) is 18.5 Å². The Morgan fingerprint density at radius 1 is 1.47 bits per heavy atom. The smallest absolute Gasteiger partial charge is 0.410 e. The van der Waals surface area contributed by atoms with Crippen LogP contribution in [-0.2, 0) is 11.2 Å². The molecule has 2 unspecified atom stereocenters. The molecule has 2 N–H and O–H groups in total. The third-order valence-corrected chi connectivity index (χ3v) is 3.09. The molecule has 0 radical (unpaired) electrons. The monoisotopic (exact) mass is 238 g/mol. The molecule has 92 valence electrons. The fourth-order valence-corrected chi connectivity index (χ4v) is 2.04. The molecule has 1 aromatic rings. The second kappa shape index (κ2) is 4.71. The molecule has 1 aliphatic heterocycles. The van der Waals surface area contributed by atoms with Gasteiger partial charge in [-0.2, -0.15) is 0 Å². The molecule has 1 heterocycles. The summed E-state index contributed by atoms with van der Waals surface area (Å²) in [5, 5.41) is 0. The molecule has 2 atom stereocenters. The maximum atomic E-state index is 13.5. The summed E-state index contributed by atoms with van der Waals surface area (Å²) in [4.78, 5) is 12.8. The maximum absolute atomic E-state index is 13.5. The highest BCUT2D eigenvalue weighted by molar-refractivity contribution is 5.70. The van der Waals surface area contributed by atoms with E-state index >= 15 is 0 Å². The first-order valence-corrected chi connectivity index (χ1v) is 5.50. The van der Waals surface area contributed by atoms with Crippen molar-refractivity contribution in [2.45, 2.75) is 18.6 Å². The van der Waals surface area contributed by atoms with E-state index in [0.717, 1.165) is 0 Å². The van der Waals surface area contributed by atoms with Crippen LogP contribution in [0.2, 0.25) is 0 Å². The van der Waals surface area contributed by atoms with Gasteiger partial charge in [0.1, 0.15) is 11.9 Å². The van der Waals surface area contributed by atoms with E-state index in [-0.39, 0.29) is 18.0 Å². The highest BCUT2D eigenvalue weighted by Crippen LogP contribution is 2.21. The van der Waals surface area contributed by atoms with Crippen molar-refractivity contribution >= 4 is 6.09 Å². The molecule has 1 amide bonds. The first kappa shape index (κ1) is 11.9. The number of nitrogens with two attached hydrogens (primary N) is 1. The highest BCUT2D eigenvalue weighted by atomic mass is 19.1. The molecule has 17 heavy (non-hydrogen) atoms. The number of ether oxygens (including phenoxy) is 1. The largest absolute Gasteiger partial charge is 0.443 e. The lowest BCUT2D eigenvalue weighted by Gasteiger charge is -2.19. The Morgan fingerprint density at radius 3 is 2.82 bits per heavy atom. The van der Waals surface area contributed by atoms with Gasteiger partial charge in [-0.1, -0.05) is 18.2 Å². The van der Waals surface area contributed by atoms with Crippen molar-refractivity contribution in [2.75, 3.05) is 13.6 Å². The van der Waals surface area contributed by atoms with E-state index in [2.05, 4.69) is 0 Å². The van der Waals surface area contributed by atoms with Crippen molar-refractivity contribution in [1.29, 1.82) is 0 Å². The van der Waals surface area contributed by atoms with Gasteiger partial charge in [-0.15, -0.1) is 0 Å². The van der Waals surface area contributed by atoms with Crippen LogP contribution in [-0.4, -0.2) is 36.7 Å². The molecule has 5 heteroatoms. The van der Waals surface area contributed by atoms with Crippen molar-refractivity contribution in [3.63, 3.8) is 0 Å². The summed E-state index contributed by atoms with van der Waals surface area (Å²) in [6.07, 6.45) is -0.430. The number of hydrogen-bond donors (Lipinski definition) is 1. The maximum Gasteiger partial charge on any atom is 0.410 e. The van der Waals surface area contributed by atoms with E-state index in [1.807, 2.05) is 0 Å². The minimum Gasteiger partial charge on any atom is -0.443 e. The van der Waals surface area contributed by atoms with Gasteiger partial charge in [0.2, 0.25) is 0 Å². The standard InChI is InChI=1S/C12H15FN2O2/c1-15-10(7-14)11(17-12(15)16)6-8-4-2-3-5-9(8)13/h2-5,10-11H,6-7,14H2,1H3. The summed E-state index contributed by atoms with van der Waals surface area (Å²) in [6.45, 7) is 0.307. The van der Waals surface area contributed by atoms with Gasteiger partial charge in [0.15, 0.2) is 0 Å². The Hall–Kier alpha value is -1.62. The van der Waals surface area contributed by atoms with Gasteiger partial charge in [0, 0.05) is 20.0 Å². The highest BCUT2D eigenvalue weighted by Gasteiger charge is 2.38. The molecule has 1 aliphatic rings. The van der Waals surface area contributed by atoms with Crippen LogP contribution in [0.15, 0.2) is 24.3 Å². The fourth-order valence-electron chi connectivity index (χ4n) is 2.04. The number of nitrogens with zero attached hydrogens (tertiary/aromatic N) is 1. The lowest BCUT2D eigenvalue weighted by Crippen LogP contribution is -2.40. The van der Waals surface area contributed by atoms with E-state index in [1.165, 1.54) is 11.0 Å². The van der Waals surface area contributed by atoms with E-state index < -0.39 is 6.09 Å². The Bertz CT molecular complexity index is 425. The number of benzene rings is 1. The Labute approximate surface area is 99.2 Å². The van der Waals surface area contributed by atoms with Gasteiger partial charge in [0.25, 0.3) is 0 Å². The quantitative estimate of drug-likeness (QED) is 0.859. The second-order valence-corrected chi connectivity index (χ2v) is 4.13. The van der Waals surface area contributed by atoms with Crippen molar-refractivity contribution in [1.82, 2.24) is 4.90 Å². The van der Waals surface area contributed by atoms with Gasteiger partial charge >= 0.3 is 6.09 Å². The summed E-state index contributed by atoms with van der Waals surface area (Å²) in [5.41, 5.74) is 6.14. The molecule has 1 fully saturated rings. The zero-order valence-corrected chi connectivity index (χ0v) is 9.60. The number of amides is 1. The molecular formula is C12H15FN2O2. The van der Waals surface area contributed by atoms with Crippen molar-refractivity contribution in [3.05, 3.63) is 35.6 Å². The van der Waals surface area contributed by atoms with Crippen LogP contribution in [0.4, 0.5) is 9.18 Å². The van der Waals surface area contributed by atoms with Crippen molar-refractivity contribution < 1.29 is 13.9 Å². The first-order valence-electron chi connectivity index (χ1n) is 5.50. The molecule has 0 spiro atoms. The summed E-state index contributed by atoms with van der Waals surface area (Å²) >= 11 is 0. The van der Waals surface area contributed by atoms with E-state index in [1.54, 1.807) is 25.2 Å². The molecular weight excluding hydrogens is 223 g/mol. The molecule has 4 nitrogen and oxygen atoms in total. The molecule has 1 saturated heterocycles. The van der Waals surface area contributed by atoms with Gasteiger partial charge < -0.3 is 15.4 Å². The van der Waals surface area contributed by atoms with Gasteiger partial charge in [-0.25, -0.2) is 9.18 Å². The number of cyclic esters (lactones) is 1. The number of likely N-dealkylation sites (N-methyl/N-ethyl adjacent to an activating group) is 1. The third kappa shape index (κ3) is 2.24. The number of hydrogen-bond acceptors (Lipinski definition) is 3. The number of carbonyl (C=O) groups is 1. The third-order valence-electron chi connectivity index (χ3n) is 3.09. The topological polar surface area (TPSA) is 55.6 Å². The van der Waals surface area contributed by atoms with Crippen LogP contribution in [0.5, 0.6) is 0 Å². The lowest BCUT2D eigenvalue weighted by molar-refractivity contribution is 0.130. The number of halogens is 1. The zero-order chi connectivity index (χ0) is 12.4. The SMILES string of the molecule is CN1C(=O)OC(Cc2ccccc2F)C1CN. The van der Waals surface area contributed by atoms with Crippen LogP contribution in [0.1, 0.15) is 5.56 Å². The molecule has 1 aromatic carbocycles. The van der Waals surface area contributed by atoms with Gasteiger partial charge in [0.05, 0.1) is 6.04 Å². The zero-order valence-electron chi connectivity index (χ0n) is 9.60. The summed E-state index contributed by atoms with van der Waals surface area (Å²) in [6, 6.07) is 6.28. The average Bonchev–Trinajstić information content (AvgIpc) is 2.58. The second-order valence-electron chi connectivity index (χ2n) is 4.13. The molecule has 0 aliphatic carbocycles. The minimum atomic E-state index is -0.401. The normalized spacial score (nSPS) is 23.9. The predicted molar refractivity (Wildman–Crippen MR) is 61.0 cm³/mol.